The van der Waals surface area contributed by atoms with E-state index in [9.17, 15) is 14.4 Å². The van der Waals surface area contributed by atoms with Crippen LogP contribution in [0.2, 0.25) is 0 Å². The van der Waals surface area contributed by atoms with Gasteiger partial charge in [-0.2, -0.15) is 0 Å². The van der Waals surface area contributed by atoms with E-state index in [1.54, 1.807) is 4.57 Å². The van der Waals surface area contributed by atoms with E-state index < -0.39 is 0 Å². The number of nitrogens with one attached hydrogen (secondary N) is 2. The molecule has 3 aromatic rings. The number of benzene rings is 2. The van der Waals surface area contributed by atoms with E-state index in [4.69, 9.17) is 4.98 Å². The fourth-order valence-electron chi connectivity index (χ4n) is 5.87. The van der Waals surface area contributed by atoms with Crippen molar-refractivity contribution in [3.63, 3.8) is 0 Å². The lowest BCUT2D eigenvalue weighted by Gasteiger charge is -2.28. The highest BCUT2D eigenvalue weighted by Crippen LogP contribution is 2.31. The minimum absolute atomic E-state index is 0.000331. The molecule has 8 heteroatoms. The second-order valence-electron chi connectivity index (χ2n) is 10.9. The molecule has 0 spiro atoms. The molecule has 2 aliphatic rings. The van der Waals surface area contributed by atoms with Crippen LogP contribution in [0.5, 0.6) is 0 Å². The lowest BCUT2D eigenvalue weighted by Crippen LogP contribution is -2.36. The van der Waals surface area contributed by atoms with Crippen molar-refractivity contribution in [1.82, 2.24) is 20.2 Å². The summed E-state index contributed by atoms with van der Waals surface area (Å²) in [5, 5.41) is 7.44. The highest BCUT2D eigenvalue weighted by molar-refractivity contribution is 7.99. The first-order chi connectivity index (χ1) is 19.1. The Bertz CT molecular complexity index is 1330. The Labute approximate surface area is 234 Å². The first-order valence-corrected chi connectivity index (χ1v) is 15.3. The number of thioether (sulfide) groups is 1. The van der Waals surface area contributed by atoms with Crippen LogP contribution in [0, 0.1) is 11.8 Å². The molecule has 0 unspecified atom stereocenters. The number of para-hydroxylation sites is 1. The van der Waals surface area contributed by atoms with Gasteiger partial charge in [-0.1, -0.05) is 67.1 Å². The van der Waals surface area contributed by atoms with Gasteiger partial charge in [0.25, 0.3) is 5.56 Å². The molecule has 0 atom stereocenters. The molecule has 2 aliphatic carbocycles. The number of carbonyl (C=O) groups excluding carboxylic acids is 2. The first kappa shape index (κ1) is 27.4. The fourth-order valence-corrected chi connectivity index (χ4v) is 6.69. The zero-order valence-corrected chi connectivity index (χ0v) is 23.3. The number of aromatic nitrogens is 2. The van der Waals surface area contributed by atoms with E-state index >= 15 is 0 Å². The maximum absolute atomic E-state index is 13.5. The van der Waals surface area contributed by atoms with Crippen molar-refractivity contribution in [3.8, 4) is 0 Å². The van der Waals surface area contributed by atoms with Crippen LogP contribution in [0.25, 0.3) is 10.9 Å². The Morgan fingerprint density at radius 3 is 2.41 bits per heavy atom. The topological polar surface area (TPSA) is 93.1 Å². The second-order valence-corrected chi connectivity index (χ2v) is 11.9. The van der Waals surface area contributed by atoms with Crippen molar-refractivity contribution in [2.24, 2.45) is 11.8 Å². The summed E-state index contributed by atoms with van der Waals surface area (Å²) in [6.45, 7) is 1.21. The van der Waals surface area contributed by atoms with Gasteiger partial charge in [0.15, 0.2) is 5.16 Å². The molecule has 2 saturated carbocycles. The maximum atomic E-state index is 13.5. The van der Waals surface area contributed by atoms with Gasteiger partial charge < -0.3 is 10.6 Å². The monoisotopic (exact) mass is 546 g/mol. The molecule has 2 aromatic carbocycles. The Kier molecular flexibility index (Phi) is 9.35. The molecule has 1 heterocycles. The number of carbonyl (C=O) groups is 2. The molecule has 1 aromatic heterocycles. The minimum atomic E-state index is -0.0555. The lowest BCUT2D eigenvalue weighted by atomic mass is 9.81. The summed E-state index contributed by atoms with van der Waals surface area (Å²) in [5.74, 6) is 0.706. The third-order valence-corrected chi connectivity index (χ3v) is 9.07. The number of nitrogens with zero attached hydrogens (tertiary/aromatic N) is 2. The summed E-state index contributed by atoms with van der Waals surface area (Å²) in [6, 6.07) is 17.9. The predicted molar refractivity (Wildman–Crippen MR) is 156 cm³/mol. The third-order valence-electron chi connectivity index (χ3n) is 8.09. The highest BCUT2D eigenvalue weighted by Gasteiger charge is 2.27. The number of amides is 2. The molecule has 2 fully saturated rings. The van der Waals surface area contributed by atoms with Crippen LogP contribution < -0.4 is 16.2 Å². The molecule has 0 bridgehead atoms. The molecule has 0 saturated heterocycles. The van der Waals surface area contributed by atoms with Gasteiger partial charge in [-0.25, -0.2) is 4.98 Å². The first-order valence-electron chi connectivity index (χ1n) is 14.3. The maximum Gasteiger partial charge on any atom is 0.262 e. The molecule has 39 heavy (non-hydrogen) atoms. The molecule has 0 radical (unpaired) electrons. The van der Waals surface area contributed by atoms with Crippen LogP contribution in [0.3, 0.4) is 0 Å². The van der Waals surface area contributed by atoms with E-state index in [1.807, 2.05) is 42.5 Å². The molecule has 5 rings (SSSR count). The molecular formula is C31H38N4O3S. The van der Waals surface area contributed by atoms with Crippen molar-refractivity contribution in [2.75, 3.05) is 12.3 Å². The van der Waals surface area contributed by atoms with E-state index in [0.717, 1.165) is 44.9 Å². The predicted octanol–water partition coefficient (Wildman–Crippen LogP) is 4.71. The van der Waals surface area contributed by atoms with Crippen LogP contribution in [0.4, 0.5) is 0 Å². The summed E-state index contributed by atoms with van der Waals surface area (Å²) in [5.41, 5.74) is 1.83. The summed E-state index contributed by atoms with van der Waals surface area (Å²) in [6.07, 6.45) is 8.69. The number of hydrogen-bond acceptors (Lipinski definition) is 5. The molecule has 2 N–H and O–H groups in total. The summed E-state index contributed by atoms with van der Waals surface area (Å²) in [4.78, 5) is 43.6. The van der Waals surface area contributed by atoms with Gasteiger partial charge in [-0.15, -0.1) is 0 Å². The summed E-state index contributed by atoms with van der Waals surface area (Å²) in [7, 11) is 0. The average molecular weight is 547 g/mol. The van der Waals surface area contributed by atoms with Gasteiger partial charge >= 0.3 is 0 Å². The van der Waals surface area contributed by atoms with E-state index in [2.05, 4.69) is 22.8 Å². The van der Waals surface area contributed by atoms with Gasteiger partial charge in [0.1, 0.15) is 0 Å². The van der Waals surface area contributed by atoms with Crippen molar-refractivity contribution in [2.45, 2.75) is 75.5 Å². The molecule has 206 valence electrons. The normalized spacial score (nSPS) is 19.7. The van der Waals surface area contributed by atoms with Gasteiger partial charge in [0.05, 0.1) is 16.7 Å². The zero-order valence-electron chi connectivity index (χ0n) is 22.4. The highest BCUT2D eigenvalue weighted by atomic mass is 32.2. The van der Waals surface area contributed by atoms with Crippen molar-refractivity contribution >= 4 is 34.5 Å². The number of rotatable bonds is 10. The van der Waals surface area contributed by atoms with E-state index in [1.165, 1.54) is 30.2 Å². The van der Waals surface area contributed by atoms with Crippen molar-refractivity contribution in [3.05, 3.63) is 70.5 Å². The van der Waals surface area contributed by atoms with Gasteiger partial charge in [-0.3, -0.25) is 19.0 Å². The Morgan fingerprint density at radius 2 is 1.64 bits per heavy atom. The number of hydrogen-bond donors (Lipinski definition) is 2. The van der Waals surface area contributed by atoms with Crippen molar-refractivity contribution in [1.29, 1.82) is 0 Å². The van der Waals surface area contributed by atoms with Gasteiger partial charge in [0.2, 0.25) is 11.8 Å². The molecule has 7 nitrogen and oxygen atoms in total. The van der Waals surface area contributed by atoms with E-state index in [0.29, 0.717) is 35.1 Å². The average Bonchev–Trinajstić information content (AvgIpc) is 3.47. The lowest BCUT2D eigenvalue weighted by molar-refractivity contribution is -0.126. The SMILES string of the molecule is O=C(CSc1nc2ccccc2c(=O)n1CC1CCC(C(=O)NCCc2ccccc2)CC1)NC1CCCC1. The van der Waals surface area contributed by atoms with Gasteiger partial charge in [0, 0.05) is 25.0 Å². The smallest absolute Gasteiger partial charge is 0.262 e. The van der Waals surface area contributed by atoms with Crippen molar-refractivity contribution < 1.29 is 9.59 Å². The van der Waals surface area contributed by atoms with Crippen LogP contribution in [-0.4, -0.2) is 39.7 Å². The Hall–Kier alpha value is -3.13. The second kappa shape index (κ2) is 13.3. The molecular weight excluding hydrogens is 508 g/mol. The quantitative estimate of drug-likeness (QED) is 0.284. The summed E-state index contributed by atoms with van der Waals surface area (Å²) >= 11 is 1.34. The number of fused-ring (bicyclic) bond motifs is 1. The van der Waals surface area contributed by atoms with E-state index in [-0.39, 0.29) is 35.1 Å². The Morgan fingerprint density at radius 1 is 0.923 bits per heavy atom. The summed E-state index contributed by atoms with van der Waals surface area (Å²) < 4.78 is 1.76. The standard InChI is InChI=1S/C31H38N4O3S/c36-28(33-25-10-4-5-11-25)21-39-31-34-27-13-7-6-12-26(27)30(38)35(31)20-23-14-16-24(17-15-23)29(37)32-19-18-22-8-2-1-3-9-22/h1-3,6-9,12-13,23-25H,4-5,10-11,14-21H2,(H,32,37)(H,33,36). The van der Waals surface area contributed by atoms with Gasteiger partial charge in [-0.05, 0) is 68.6 Å². The van der Waals surface area contributed by atoms with Crippen LogP contribution in [-0.2, 0) is 22.6 Å². The van der Waals surface area contributed by atoms with Crippen LogP contribution in [0.1, 0.15) is 56.9 Å². The van der Waals surface area contributed by atoms with Crippen LogP contribution >= 0.6 is 11.8 Å². The molecule has 2 amide bonds. The largest absolute Gasteiger partial charge is 0.356 e. The zero-order chi connectivity index (χ0) is 27.0. The third kappa shape index (κ3) is 7.29. The fraction of sp³-hybridized carbons (Fsp3) is 0.484. The molecule has 0 aliphatic heterocycles. The minimum Gasteiger partial charge on any atom is -0.356 e. The van der Waals surface area contributed by atoms with Crippen LogP contribution in [0.15, 0.2) is 64.5 Å². The Balaban J connectivity index is 1.19.